The van der Waals surface area contributed by atoms with E-state index in [9.17, 15) is 13.6 Å². The zero-order valence-electron chi connectivity index (χ0n) is 16.5. The molecule has 1 aromatic carbocycles. The van der Waals surface area contributed by atoms with Crippen molar-refractivity contribution in [2.45, 2.75) is 26.4 Å². The normalized spacial score (nSPS) is 11.4. The molecular weight excluding hydrogens is 390 g/mol. The number of hydrogen-bond donors (Lipinski definition) is 1. The van der Waals surface area contributed by atoms with Crippen LogP contribution in [-0.4, -0.2) is 30.5 Å². The van der Waals surface area contributed by atoms with Gasteiger partial charge in [0.05, 0.1) is 29.0 Å². The molecule has 0 aliphatic carbocycles. The number of nitrogens with zero attached hydrogens (tertiary/aromatic N) is 5. The zero-order valence-corrected chi connectivity index (χ0v) is 16.5. The molecule has 1 amide bonds. The standard InChI is InChI=1S/C21H20F2N6O/c1-13-19-16(20(22)23)10-17(14-6-4-3-5-7-14)25-21(19)29(26-13)12-18(30)24-11-15-8-9-28(2)27-15/h3-10,20H,11-12H2,1-2H3,(H,24,30). The molecule has 4 aromatic rings. The van der Waals surface area contributed by atoms with Gasteiger partial charge in [-0.05, 0) is 19.1 Å². The Morgan fingerprint density at radius 1 is 1.17 bits per heavy atom. The van der Waals surface area contributed by atoms with Crippen molar-refractivity contribution in [3.05, 3.63) is 65.6 Å². The van der Waals surface area contributed by atoms with Crippen LogP contribution in [0, 0.1) is 6.92 Å². The summed E-state index contributed by atoms with van der Waals surface area (Å²) >= 11 is 0. The second-order valence-corrected chi connectivity index (χ2v) is 6.96. The fraction of sp³-hybridized carbons (Fsp3) is 0.238. The number of nitrogens with one attached hydrogen (secondary N) is 1. The Kier molecular flexibility index (Phi) is 5.26. The minimum absolute atomic E-state index is 0.134. The van der Waals surface area contributed by atoms with E-state index < -0.39 is 6.43 Å². The molecule has 0 fully saturated rings. The van der Waals surface area contributed by atoms with Gasteiger partial charge in [-0.25, -0.2) is 18.4 Å². The van der Waals surface area contributed by atoms with Gasteiger partial charge in [-0.3, -0.25) is 9.48 Å². The predicted octanol–water partition coefficient (Wildman–Crippen LogP) is 3.39. The van der Waals surface area contributed by atoms with Crippen LogP contribution in [0.1, 0.15) is 23.4 Å². The van der Waals surface area contributed by atoms with Crippen LogP contribution in [0.15, 0.2) is 48.7 Å². The Morgan fingerprint density at radius 3 is 2.60 bits per heavy atom. The number of aryl methyl sites for hydroxylation is 2. The fourth-order valence-electron chi connectivity index (χ4n) is 3.36. The molecule has 3 aromatic heterocycles. The number of aromatic nitrogens is 5. The minimum Gasteiger partial charge on any atom is -0.349 e. The summed E-state index contributed by atoms with van der Waals surface area (Å²) in [6.45, 7) is 1.77. The quantitative estimate of drug-likeness (QED) is 0.529. The summed E-state index contributed by atoms with van der Waals surface area (Å²) < 4.78 is 30.6. The van der Waals surface area contributed by atoms with Crippen LogP contribution in [0.5, 0.6) is 0 Å². The Morgan fingerprint density at radius 2 is 1.93 bits per heavy atom. The number of halogens is 2. The highest BCUT2D eigenvalue weighted by molar-refractivity contribution is 5.87. The van der Waals surface area contributed by atoms with Crippen molar-refractivity contribution >= 4 is 16.9 Å². The van der Waals surface area contributed by atoms with E-state index in [4.69, 9.17) is 0 Å². The summed E-state index contributed by atoms with van der Waals surface area (Å²) in [5.41, 5.74) is 2.37. The number of rotatable bonds is 6. The summed E-state index contributed by atoms with van der Waals surface area (Å²) in [4.78, 5) is 17.0. The third-order valence-electron chi connectivity index (χ3n) is 4.74. The number of amides is 1. The SMILES string of the molecule is Cc1nn(CC(=O)NCc2ccn(C)n2)c2nc(-c3ccccc3)cc(C(F)F)c12. The number of benzene rings is 1. The van der Waals surface area contributed by atoms with E-state index in [1.807, 2.05) is 18.2 Å². The minimum atomic E-state index is -2.69. The molecule has 30 heavy (non-hydrogen) atoms. The van der Waals surface area contributed by atoms with Crippen molar-refractivity contribution in [3.8, 4) is 11.3 Å². The van der Waals surface area contributed by atoms with E-state index >= 15 is 0 Å². The predicted molar refractivity (Wildman–Crippen MR) is 108 cm³/mol. The van der Waals surface area contributed by atoms with Crippen molar-refractivity contribution in [1.29, 1.82) is 0 Å². The molecule has 0 saturated carbocycles. The van der Waals surface area contributed by atoms with Crippen LogP contribution in [0.3, 0.4) is 0 Å². The Hall–Kier alpha value is -3.62. The summed E-state index contributed by atoms with van der Waals surface area (Å²) in [6, 6.07) is 12.3. The molecule has 0 spiro atoms. The molecule has 1 N–H and O–H groups in total. The smallest absolute Gasteiger partial charge is 0.264 e. The van der Waals surface area contributed by atoms with Crippen LogP contribution in [0.4, 0.5) is 8.78 Å². The first kappa shape index (κ1) is 19.7. The van der Waals surface area contributed by atoms with Gasteiger partial charge in [0.15, 0.2) is 5.65 Å². The van der Waals surface area contributed by atoms with Gasteiger partial charge in [0.1, 0.15) is 6.54 Å². The van der Waals surface area contributed by atoms with Crippen LogP contribution in [-0.2, 0) is 24.9 Å². The largest absolute Gasteiger partial charge is 0.349 e. The van der Waals surface area contributed by atoms with Gasteiger partial charge in [-0.1, -0.05) is 30.3 Å². The van der Waals surface area contributed by atoms with E-state index in [0.717, 1.165) is 5.69 Å². The van der Waals surface area contributed by atoms with Gasteiger partial charge in [0.2, 0.25) is 5.91 Å². The molecule has 0 saturated heterocycles. The maximum Gasteiger partial charge on any atom is 0.264 e. The molecule has 0 bridgehead atoms. The summed E-state index contributed by atoms with van der Waals surface area (Å²) in [5.74, 6) is -0.310. The zero-order chi connectivity index (χ0) is 21.3. The number of alkyl halides is 2. The molecule has 0 unspecified atom stereocenters. The average Bonchev–Trinajstić information content (AvgIpc) is 3.29. The summed E-state index contributed by atoms with van der Waals surface area (Å²) in [6.07, 6.45) is -0.903. The first-order valence-electron chi connectivity index (χ1n) is 9.39. The molecule has 0 aliphatic heterocycles. The first-order chi connectivity index (χ1) is 14.4. The molecular formula is C21H20F2N6O. The molecule has 7 nitrogen and oxygen atoms in total. The average molecular weight is 410 g/mol. The lowest BCUT2D eigenvalue weighted by Crippen LogP contribution is -2.28. The number of pyridine rings is 1. The lowest BCUT2D eigenvalue weighted by atomic mass is 10.1. The number of carbonyl (C=O) groups is 1. The van der Waals surface area contributed by atoms with E-state index in [0.29, 0.717) is 17.0 Å². The third kappa shape index (κ3) is 3.91. The maximum absolute atomic E-state index is 13.8. The monoisotopic (exact) mass is 410 g/mol. The van der Waals surface area contributed by atoms with Crippen molar-refractivity contribution in [2.75, 3.05) is 0 Å². The van der Waals surface area contributed by atoms with Crippen LogP contribution in [0.25, 0.3) is 22.3 Å². The second-order valence-electron chi connectivity index (χ2n) is 6.96. The van der Waals surface area contributed by atoms with E-state index in [2.05, 4.69) is 20.5 Å². The molecule has 0 atom stereocenters. The third-order valence-corrected chi connectivity index (χ3v) is 4.74. The first-order valence-corrected chi connectivity index (χ1v) is 9.39. The number of carbonyl (C=O) groups excluding carboxylic acids is 1. The van der Waals surface area contributed by atoms with Gasteiger partial charge >= 0.3 is 0 Å². The fourth-order valence-corrected chi connectivity index (χ4v) is 3.36. The van der Waals surface area contributed by atoms with E-state index in [-0.39, 0.29) is 35.6 Å². The molecule has 154 valence electrons. The molecule has 3 heterocycles. The Bertz CT molecular complexity index is 1200. The number of fused-ring (bicyclic) bond motifs is 1. The van der Waals surface area contributed by atoms with Crippen LogP contribution >= 0.6 is 0 Å². The lowest BCUT2D eigenvalue weighted by molar-refractivity contribution is -0.121. The van der Waals surface area contributed by atoms with Crippen molar-refractivity contribution < 1.29 is 13.6 Å². The van der Waals surface area contributed by atoms with Gasteiger partial charge in [-0.2, -0.15) is 10.2 Å². The summed E-state index contributed by atoms with van der Waals surface area (Å²) in [7, 11) is 1.79. The van der Waals surface area contributed by atoms with Gasteiger partial charge in [0, 0.05) is 24.4 Å². The number of hydrogen-bond acceptors (Lipinski definition) is 4. The van der Waals surface area contributed by atoms with Gasteiger partial charge in [-0.15, -0.1) is 0 Å². The van der Waals surface area contributed by atoms with E-state index in [1.54, 1.807) is 43.0 Å². The highest BCUT2D eigenvalue weighted by Gasteiger charge is 2.22. The van der Waals surface area contributed by atoms with Crippen LogP contribution in [0.2, 0.25) is 0 Å². The highest BCUT2D eigenvalue weighted by atomic mass is 19.3. The van der Waals surface area contributed by atoms with E-state index in [1.165, 1.54) is 10.7 Å². The van der Waals surface area contributed by atoms with Crippen molar-refractivity contribution in [1.82, 2.24) is 29.9 Å². The topological polar surface area (TPSA) is 77.6 Å². The maximum atomic E-state index is 13.8. The Labute approximate surface area is 171 Å². The second kappa shape index (κ2) is 8.02. The van der Waals surface area contributed by atoms with Crippen LogP contribution < -0.4 is 5.32 Å². The molecule has 9 heteroatoms. The van der Waals surface area contributed by atoms with Gasteiger partial charge < -0.3 is 5.32 Å². The molecule has 4 rings (SSSR count). The highest BCUT2D eigenvalue weighted by Crippen LogP contribution is 2.32. The Balaban J connectivity index is 1.67. The summed E-state index contributed by atoms with van der Waals surface area (Å²) in [5, 5.41) is 11.6. The van der Waals surface area contributed by atoms with Crippen molar-refractivity contribution in [2.24, 2.45) is 7.05 Å². The molecule has 0 radical (unpaired) electrons. The lowest BCUT2D eigenvalue weighted by Gasteiger charge is -2.09. The van der Waals surface area contributed by atoms with Gasteiger partial charge in [0.25, 0.3) is 6.43 Å². The van der Waals surface area contributed by atoms with Crippen molar-refractivity contribution in [3.63, 3.8) is 0 Å². The molecule has 0 aliphatic rings.